The van der Waals surface area contributed by atoms with Gasteiger partial charge in [-0.1, -0.05) is 11.6 Å². The van der Waals surface area contributed by atoms with E-state index in [0.717, 1.165) is 11.3 Å². The minimum Gasteiger partial charge on any atom is -0.327 e. The molecular weight excluding hydrogens is 284 g/mol. The highest BCUT2D eigenvalue weighted by atomic mass is 35.5. The molecule has 0 aliphatic rings. The van der Waals surface area contributed by atoms with Crippen LogP contribution >= 0.6 is 22.9 Å². The fourth-order valence-electron chi connectivity index (χ4n) is 1.12. The van der Waals surface area contributed by atoms with Gasteiger partial charge >= 0.3 is 0 Å². The molecule has 0 saturated heterocycles. The summed E-state index contributed by atoms with van der Waals surface area (Å²) in [5, 5.41) is 0. The summed E-state index contributed by atoms with van der Waals surface area (Å²) in [5.41, 5.74) is -0.0127. The number of halogens is 1. The van der Waals surface area contributed by atoms with E-state index in [4.69, 9.17) is 11.6 Å². The van der Waals surface area contributed by atoms with Crippen molar-refractivity contribution < 1.29 is 8.42 Å². The van der Waals surface area contributed by atoms with E-state index < -0.39 is 10.0 Å². The quantitative estimate of drug-likeness (QED) is 0.906. The molecule has 2 aromatic rings. The lowest BCUT2D eigenvalue weighted by Crippen LogP contribution is -2.13. The molecule has 0 aliphatic heterocycles. The van der Waals surface area contributed by atoms with Crippen LogP contribution in [0.5, 0.6) is 0 Å². The minimum atomic E-state index is -3.64. The van der Waals surface area contributed by atoms with Gasteiger partial charge < -0.3 is 4.98 Å². The number of rotatable bonds is 3. The van der Waals surface area contributed by atoms with E-state index in [1.807, 2.05) is 0 Å². The molecular formula is C9H7ClN2O3S2. The van der Waals surface area contributed by atoms with Crippen molar-refractivity contribution in [3.05, 3.63) is 45.2 Å². The lowest BCUT2D eigenvalue weighted by atomic mass is 10.4. The van der Waals surface area contributed by atoms with Crippen molar-refractivity contribution in [2.24, 2.45) is 0 Å². The largest absolute Gasteiger partial charge is 0.327 e. The van der Waals surface area contributed by atoms with Gasteiger partial charge in [0.25, 0.3) is 10.0 Å². The van der Waals surface area contributed by atoms with Crippen LogP contribution in [0.15, 0.2) is 39.5 Å². The number of hydrogen-bond acceptors (Lipinski definition) is 4. The molecule has 5 nitrogen and oxygen atoms in total. The summed E-state index contributed by atoms with van der Waals surface area (Å²) in [5.74, 6) is 0. The van der Waals surface area contributed by atoms with E-state index in [1.54, 1.807) is 0 Å². The Labute approximate surface area is 106 Å². The summed E-state index contributed by atoms with van der Waals surface area (Å²) in [4.78, 5) is 13.2. The molecule has 0 unspecified atom stereocenters. The van der Waals surface area contributed by atoms with Gasteiger partial charge in [0, 0.05) is 12.3 Å². The number of nitrogens with one attached hydrogen (secondary N) is 2. The maximum absolute atomic E-state index is 11.8. The Morgan fingerprint density at radius 1 is 1.24 bits per heavy atom. The maximum atomic E-state index is 11.8. The second-order valence-corrected chi connectivity index (χ2v) is 6.73. The van der Waals surface area contributed by atoms with E-state index in [0.29, 0.717) is 4.34 Å². The molecule has 0 spiro atoms. The van der Waals surface area contributed by atoms with Gasteiger partial charge in [-0.3, -0.25) is 9.52 Å². The van der Waals surface area contributed by atoms with Crippen LogP contribution in [-0.4, -0.2) is 13.4 Å². The molecule has 0 aliphatic carbocycles. The number of aromatic amines is 1. The number of pyridine rings is 1. The summed E-state index contributed by atoms with van der Waals surface area (Å²) >= 11 is 6.63. The first-order valence-electron chi connectivity index (χ1n) is 4.44. The van der Waals surface area contributed by atoms with Gasteiger partial charge in [-0.25, -0.2) is 8.42 Å². The number of thiophene rings is 1. The fraction of sp³-hybridized carbons (Fsp3) is 0. The molecule has 0 amide bonds. The number of sulfonamides is 1. The highest BCUT2D eigenvalue weighted by Crippen LogP contribution is 2.26. The molecule has 0 atom stereocenters. The lowest BCUT2D eigenvalue weighted by Gasteiger charge is -2.04. The van der Waals surface area contributed by atoms with E-state index in [-0.39, 0.29) is 15.5 Å². The van der Waals surface area contributed by atoms with Crippen LogP contribution in [0.2, 0.25) is 4.34 Å². The third kappa shape index (κ3) is 2.87. The van der Waals surface area contributed by atoms with Crippen LogP contribution in [0.25, 0.3) is 0 Å². The molecule has 0 aromatic carbocycles. The Morgan fingerprint density at radius 2 is 2.00 bits per heavy atom. The number of anilines is 1. The second kappa shape index (κ2) is 4.52. The minimum absolute atomic E-state index is 0.119. The van der Waals surface area contributed by atoms with E-state index >= 15 is 0 Å². The van der Waals surface area contributed by atoms with Gasteiger partial charge in [0.05, 0.1) is 10.0 Å². The van der Waals surface area contributed by atoms with Crippen molar-refractivity contribution in [2.45, 2.75) is 4.21 Å². The molecule has 0 radical (unpaired) electrons. The Hall–Kier alpha value is -1.31. The third-order valence-electron chi connectivity index (χ3n) is 1.85. The smallest absolute Gasteiger partial charge is 0.271 e. The summed E-state index contributed by atoms with van der Waals surface area (Å²) < 4.78 is 26.5. The van der Waals surface area contributed by atoms with Crippen molar-refractivity contribution in [2.75, 3.05) is 4.72 Å². The van der Waals surface area contributed by atoms with Crippen LogP contribution < -0.4 is 10.3 Å². The van der Waals surface area contributed by atoms with Crippen LogP contribution in [0.3, 0.4) is 0 Å². The molecule has 0 saturated carbocycles. The molecule has 0 fully saturated rings. The number of hydrogen-bond donors (Lipinski definition) is 2. The highest BCUT2D eigenvalue weighted by molar-refractivity contribution is 7.94. The summed E-state index contributed by atoms with van der Waals surface area (Å²) in [6, 6.07) is 5.54. The summed E-state index contributed by atoms with van der Waals surface area (Å²) in [6.45, 7) is 0. The molecule has 2 aromatic heterocycles. The summed E-state index contributed by atoms with van der Waals surface area (Å²) in [6.07, 6.45) is 1.29. The van der Waals surface area contributed by atoms with Crippen molar-refractivity contribution in [1.29, 1.82) is 0 Å². The Morgan fingerprint density at radius 3 is 2.53 bits per heavy atom. The second-order valence-electron chi connectivity index (χ2n) is 3.11. The molecule has 90 valence electrons. The van der Waals surface area contributed by atoms with Gasteiger partial charge in [-0.15, -0.1) is 11.3 Å². The maximum Gasteiger partial charge on any atom is 0.271 e. The Bertz CT molecular complexity index is 670. The first-order chi connectivity index (χ1) is 7.97. The van der Waals surface area contributed by atoms with Gasteiger partial charge in [0.2, 0.25) is 5.56 Å². The van der Waals surface area contributed by atoms with E-state index in [1.165, 1.54) is 30.5 Å². The third-order valence-corrected chi connectivity index (χ3v) is 4.95. The SMILES string of the molecule is O=c1ccc(NS(=O)(=O)c2ccc(Cl)s2)c[nH]1. The average Bonchev–Trinajstić information content (AvgIpc) is 2.69. The van der Waals surface area contributed by atoms with Crippen molar-refractivity contribution >= 4 is 38.6 Å². The predicted octanol–water partition coefficient (Wildman–Crippen LogP) is 1.89. The predicted molar refractivity (Wildman–Crippen MR) is 67.2 cm³/mol. The molecule has 0 bridgehead atoms. The van der Waals surface area contributed by atoms with Crippen LogP contribution in [-0.2, 0) is 10.0 Å². The van der Waals surface area contributed by atoms with Crippen molar-refractivity contribution in [1.82, 2.24) is 4.98 Å². The first kappa shape index (κ1) is 12.2. The van der Waals surface area contributed by atoms with E-state index in [2.05, 4.69) is 9.71 Å². The number of aromatic nitrogens is 1. The van der Waals surface area contributed by atoms with Gasteiger partial charge in [-0.05, 0) is 18.2 Å². The number of H-pyrrole nitrogens is 1. The van der Waals surface area contributed by atoms with Crippen LogP contribution in [0.1, 0.15) is 0 Å². The van der Waals surface area contributed by atoms with Crippen LogP contribution in [0.4, 0.5) is 5.69 Å². The Kier molecular flexibility index (Phi) is 3.23. The molecule has 2 N–H and O–H groups in total. The zero-order valence-electron chi connectivity index (χ0n) is 8.31. The molecule has 17 heavy (non-hydrogen) atoms. The van der Waals surface area contributed by atoms with Gasteiger partial charge in [-0.2, -0.15) is 0 Å². The van der Waals surface area contributed by atoms with Gasteiger partial charge in [0.15, 0.2) is 0 Å². The fourth-order valence-corrected chi connectivity index (χ4v) is 3.65. The van der Waals surface area contributed by atoms with Crippen LogP contribution in [0, 0.1) is 0 Å². The Balaban J connectivity index is 2.29. The van der Waals surface area contributed by atoms with Crippen molar-refractivity contribution in [3.63, 3.8) is 0 Å². The zero-order chi connectivity index (χ0) is 12.5. The molecule has 8 heteroatoms. The van der Waals surface area contributed by atoms with E-state index in [9.17, 15) is 13.2 Å². The van der Waals surface area contributed by atoms with Gasteiger partial charge in [0.1, 0.15) is 4.21 Å². The average molecular weight is 291 g/mol. The first-order valence-corrected chi connectivity index (χ1v) is 7.12. The molecule has 2 rings (SSSR count). The normalized spacial score (nSPS) is 11.4. The van der Waals surface area contributed by atoms with Crippen molar-refractivity contribution in [3.8, 4) is 0 Å². The molecule has 2 heterocycles. The lowest BCUT2D eigenvalue weighted by molar-refractivity contribution is 0.603. The highest BCUT2D eigenvalue weighted by Gasteiger charge is 2.16. The monoisotopic (exact) mass is 290 g/mol. The summed E-state index contributed by atoms with van der Waals surface area (Å²) in [7, 11) is -3.64. The zero-order valence-corrected chi connectivity index (χ0v) is 10.7. The topological polar surface area (TPSA) is 79.0 Å². The standard InChI is InChI=1S/C9H7ClN2O3S2/c10-7-2-4-9(16-7)17(14,15)12-6-1-3-8(13)11-5-6/h1-5,12H,(H,11,13).